The van der Waals surface area contributed by atoms with Crippen molar-refractivity contribution in [3.63, 3.8) is 0 Å². The van der Waals surface area contributed by atoms with E-state index < -0.39 is 0 Å². The summed E-state index contributed by atoms with van der Waals surface area (Å²) in [6.45, 7) is 5.44. The van der Waals surface area contributed by atoms with E-state index in [9.17, 15) is 4.79 Å². The van der Waals surface area contributed by atoms with Gasteiger partial charge in [-0.1, -0.05) is 11.6 Å². The van der Waals surface area contributed by atoms with Gasteiger partial charge in [-0.05, 0) is 37.2 Å². The molecule has 1 aromatic carbocycles. The average Bonchev–Trinajstić information content (AvgIpc) is 2.97. The van der Waals surface area contributed by atoms with Crippen LogP contribution in [-0.4, -0.2) is 58.0 Å². The summed E-state index contributed by atoms with van der Waals surface area (Å²) in [7, 11) is 0. The van der Waals surface area contributed by atoms with Crippen LogP contribution >= 0.6 is 11.6 Å². The van der Waals surface area contributed by atoms with E-state index in [4.69, 9.17) is 11.6 Å². The molecule has 122 valence electrons. The van der Waals surface area contributed by atoms with E-state index in [0.717, 1.165) is 45.7 Å². The lowest BCUT2D eigenvalue weighted by atomic mass is 10.2. The first-order chi connectivity index (χ1) is 11.2. The smallest absolute Gasteiger partial charge is 0.253 e. The van der Waals surface area contributed by atoms with Crippen LogP contribution in [-0.2, 0) is 6.54 Å². The first kappa shape index (κ1) is 16.0. The lowest BCUT2D eigenvalue weighted by Gasteiger charge is -2.22. The van der Waals surface area contributed by atoms with Crippen LogP contribution in [0.2, 0.25) is 5.02 Å². The van der Waals surface area contributed by atoms with Crippen LogP contribution in [0.1, 0.15) is 16.8 Å². The van der Waals surface area contributed by atoms with Crippen LogP contribution in [0.4, 0.5) is 0 Å². The molecule has 2 aromatic rings. The van der Waals surface area contributed by atoms with Crippen LogP contribution in [0.3, 0.4) is 0 Å². The fourth-order valence-corrected chi connectivity index (χ4v) is 2.97. The molecule has 1 saturated heterocycles. The van der Waals surface area contributed by atoms with E-state index in [1.165, 1.54) is 0 Å². The Bertz CT molecular complexity index is 627. The number of nitrogens with zero attached hydrogens (tertiary/aromatic N) is 4. The van der Waals surface area contributed by atoms with E-state index in [1.54, 1.807) is 30.5 Å². The fraction of sp³-hybridized carbons (Fsp3) is 0.412. The number of imidazole rings is 1. The molecule has 0 atom stereocenters. The second-order valence-corrected chi connectivity index (χ2v) is 6.23. The number of hydrogen-bond acceptors (Lipinski definition) is 3. The Hall–Kier alpha value is -1.85. The summed E-state index contributed by atoms with van der Waals surface area (Å²) in [5.41, 5.74) is 0.710. The molecule has 1 aliphatic rings. The third kappa shape index (κ3) is 4.33. The summed E-state index contributed by atoms with van der Waals surface area (Å²) >= 11 is 5.89. The van der Waals surface area contributed by atoms with Crippen molar-refractivity contribution in [2.45, 2.75) is 13.0 Å². The van der Waals surface area contributed by atoms with Gasteiger partial charge in [-0.25, -0.2) is 4.98 Å². The molecule has 0 radical (unpaired) electrons. The van der Waals surface area contributed by atoms with Crippen molar-refractivity contribution in [2.24, 2.45) is 0 Å². The quantitative estimate of drug-likeness (QED) is 0.863. The van der Waals surface area contributed by atoms with E-state index in [-0.39, 0.29) is 5.91 Å². The zero-order valence-electron chi connectivity index (χ0n) is 13.1. The normalized spacial score (nSPS) is 16.3. The molecule has 0 aliphatic carbocycles. The molecule has 1 aliphatic heterocycles. The summed E-state index contributed by atoms with van der Waals surface area (Å²) in [6, 6.07) is 7.13. The van der Waals surface area contributed by atoms with Crippen LogP contribution < -0.4 is 0 Å². The van der Waals surface area contributed by atoms with Crippen LogP contribution in [0, 0.1) is 0 Å². The first-order valence-corrected chi connectivity index (χ1v) is 8.33. The minimum absolute atomic E-state index is 0.0955. The van der Waals surface area contributed by atoms with Gasteiger partial charge in [0.2, 0.25) is 0 Å². The Morgan fingerprint density at radius 1 is 1.09 bits per heavy atom. The van der Waals surface area contributed by atoms with Gasteiger partial charge in [0.1, 0.15) is 0 Å². The number of carbonyl (C=O) groups excluding carboxylic acids is 1. The summed E-state index contributed by atoms with van der Waals surface area (Å²) in [5, 5.41) is 0.656. The van der Waals surface area contributed by atoms with Gasteiger partial charge in [0.25, 0.3) is 5.91 Å². The Balaban J connectivity index is 1.53. The predicted molar refractivity (Wildman–Crippen MR) is 90.6 cm³/mol. The van der Waals surface area contributed by atoms with Gasteiger partial charge >= 0.3 is 0 Å². The minimum atomic E-state index is 0.0955. The summed E-state index contributed by atoms with van der Waals surface area (Å²) < 4.78 is 2.08. The van der Waals surface area contributed by atoms with Gasteiger partial charge in [-0.2, -0.15) is 0 Å². The second kappa shape index (κ2) is 7.62. The molecule has 0 bridgehead atoms. The molecule has 3 rings (SSSR count). The van der Waals surface area contributed by atoms with Crippen molar-refractivity contribution in [3.05, 3.63) is 53.6 Å². The monoisotopic (exact) mass is 332 g/mol. The van der Waals surface area contributed by atoms with Crippen molar-refractivity contribution in [1.29, 1.82) is 0 Å². The Kier molecular flexibility index (Phi) is 5.31. The average molecular weight is 333 g/mol. The molecular formula is C17H21ClN4O. The standard InChI is InChI=1S/C17H21ClN4O/c18-16-4-2-15(3-5-16)17(23)22-8-1-7-20(12-13-22)10-11-21-9-6-19-14-21/h2-6,9,14H,1,7-8,10-13H2. The Morgan fingerprint density at radius 2 is 1.91 bits per heavy atom. The maximum Gasteiger partial charge on any atom is 0.253 e. The Morgan fingerprint density at radius 3 is 2.65 bits per heavy atom. The predicted octanol–water partition coefficient (Wildman–Crippen LogP) is 2.38. The molecule has 1 fully saturated rings. The van der Waals surface area contributed by atoms with Crippen LogP contribution in [0.5, 0.6) is 0 Å². The molecule has 6 heteroatoms. The number of halogens is 1. The molecule has 0 spiro atoms. The van der Waals surface area contributed by atoms with Crippen molar-refractivity contribution in [1.82, 2.24) is 19.4 Å². The van der Waals surface area contributed by atoms with E-state index in [0.29, 0.717) is 10.6 Å². The fourth-order valence-electron chi connectivity index (χ4n) is 2.85. The number of hydrogen-bond donors (Lipinski definition) is 0. The highest BCUT2D eigenvalue weighted by Crippen LogP contribution is 2.13. The highest BCUT2D eigenvalue weighted by Gasteiger charge is 2.20. The number of amides is 1. The Labute approximate surface area is 141 Å². The maximum absolute atomic E-state index is 12.6. The van der Waals surface area contributed by atoms with Crippen LogP contribution in [0.25, 0.3) is 0 Å². The summed E-state index contributed by atoms with van der Waals surface area (Å²) in [5.74, 6) is 0.0955. The lowest BCUT2D eigenvalue weighted by Crippen LogP contribution is -2.36. The largest absolute Gasteiger partial charge is 0.337 e. The first-order valence-electron chi connectivity index (χ1n) is 7.95. The number of carbonyl (C=O) groups is 1. The SMILES string of the molecule is O=C(c1ccc(Cl)cc1)N1CCCN(CCn2ccnc2)CC1. The molecule has 0 saturated carbocycles. The minimum Gasteiger partial charge on any atom is -0.337 e. The van der Waals surface area contributed by atoms with E-state index in [2.05, 4.69) is 14.5 Å². The van der Waals surface area contributed by atoms with Gasteiger partial charge in [0, 0.05) is 55.7 Å². The van der Waals surface area contributed by atoms with E-state index >= 15 is 0 Å². The molecule has 2 heterocycles. The highest BCUT2D eigenvalue weighted by molar-refractivity contribution is 6.30. The van der Waals surface area contributed by atoms with Crippen molar-refractivity contribution < 1.29 is 4.79 Å². The van der Waals surface area contributed by atoms with Gasteiger partial charge in [0.15, 0.2) is 0 Å². The number of rotatable bonds is 4. The van der Waals surface area contributed by atoms with Gasteiger partial charge < -0.3 is 9.47 Å². The van der Waals surface area contributed by atoms with Crippen molar-refractivity contribution in [3.8, 4) is 0 Å². The topological polar surface area (TPSA) is 41.4 Å². The van der Waals surface area contributed by atoms with Crippen molar-refractivity contribution in [2.75, 3.05) is 32.7 Å². The second-order valence-electron chi connectivity index (χ2n) is 5.79. The molecule has 1 amide bonds. The number of aromatic nitrogens is 2. The van der Waals surface area contributed by atoms with Gasteiger partial charge in [-0.3, -0.25) is 9.69 Å². The maximum atomic E-state index is 12.6. The zero-order valence-corrected chi connectivity index (χ0v) is 13.8. The zero-order chi connectivity index (χ0) is 16.1. The number of benzene rings is 1. The molecule has 1 aromatic heterocycles. The molecule has 0 N–H and O–H groups in total. The molecular weight excluding hydrogens is 312 g/mol. The lowest BCUT2D eigenvalue weighted by molar-refractivity contribution is 0.0761. The molecule has 0 unspecified atom stereocenters. The summed E-state index contributed by atoms with van der Waals surface area (Å²) in [6.07, 6.45) is 6.63. The van der Waals surface area contributed by atoms with Gasteiger partial charge in [0.05, 0.1) is 6.33 Å². The molecule has 23 heavy (non-hydrogen) atoms. The third-order valence-electron chi connectivity index (χ3n) is 4.20. The third-order valence-corrected chi connectivity index (χ3v) is 4.45. The van der Waals surface area contributed by atoms with Crippen LogP contribution in [0.15, 0.2) is 43.0 Å². The van der Waals surface area contributed by atoms with E-state index in [1.807, 2.05) is 17.4 Å². The highest BCUT2D eigenvalue weighted by atomic mass is 35.5. The summed E-state index contributed by atoms with van der Waals surface area (Å²) in [4.78, 5) is 21.0. The van der Waals surface area contributed by atoms with Gasteiger partial charge in [-0.15, -0.1) is 0 Å². The van der Waals surface area contributed by atoms with Crippen molar-refractivity contribution >= 4 is 17.5 Å². The molecule has 5 nitrogen and oxygen atoms in total.